The van der Waals surface area contributed by atoms with Crippen molar-refractivity contribution in [3.8, 4) is 0 Å². The summed E-state index contributed by atoms with van der Waals surface area (Å²) >= 11 is 0. The SMILES string of the molecule is CC(C)C(NC(=O)C(N)CC(N)=O)C(=O)NC(CCCN=C(N)N)C(=O)NC(CCCCN)C(=O)O. The van der Waals surface area contributed by atoms with E-state index in [2.05, 4.69) is 20.9 Å². The quantitative estimate of drug-likeness (QED) is 0.0494. The summed E-state index contributed by atoms with van der Waals surface area (Å²) in [5.74, 6) is -4.72. The number of nitrogens with zero attached hydrogens (tertiary/aromatic N) is 1. The highest BCUT2D eigenvalue weighted by Gasteiger charge is 2.31. The molecule has 4 unspecified atom stereocenters. The van der Waals surface area contributed by atoms with Crippen LogP contribution in [0.4, 0.5) is 0 Å². The minimum atomic E-state index is -1.25. The van der Waals surface area contributed by atoms with E-state index in [1.165, 1.54) is 0 Å². The summed E-state index contributed by atoms with van der Waals surface area (Å²) in [6, 6.07) is -4.65. The fraction of sp³-hybridized carbons (Fsp3) is 0.714. The smallest absolute Gasteiger partial charge is 0.326 e. The molecule has 0 aromatic rings. The van der Waals surface area contributed by atoms with Gasteiger partial charge in [-0.1, -0.05) is 13.8 Å². The molecule has 0 spiro atoms. The average Bonchev–Trinajstić information content (AvgIpc) is 2.77. The van der Waals surface area contributed by atoms with Crippen LogP contribution in [-0.2, 0) is 24.0 Å². The Morgan fingerprint density at radius 1 is 0.833 bits per heavy atom. The normalized spacial score (nSPS) is 14.1. The van der Waals surface area contributed by atoms with Crippen LogP contribution in [0.2, 0.25) is 0 Å². The summed E-state index contributed by atoms with van der Waals surface area (Å²) in [4.78, 5) is 64.7. The molecule has 0 bridgehead atoms. The van der Waals surface area contributed by atoms with Crippen LogP contribution >= 0.6 is 0 Å². The van der Waals surface area contributed by atoms with E-state index in [4.69, 9.17) is 28.7 Å². The maximum absolute atomic E-state index is 13.0. The zero-order valence-electron chi connectivity index (χ0n) is 20.9. The molecule has 0 heterocycles. The second kappa shape index (κ2) is 17.0. The van der Waals surface area contributed by atoms with Crippen LogP contribution in [0.3, 0.4) is 0 Å². The number of carboxylic acids is 1. The number of aliphatic carboxylic acids is 1. The van der Waals surface area contributed by atoms with Crippen molar-refractivity contribution in [2.45, 2.75) is 76.5 Å². The number of primary amides is 1. The molecule has 15 nitrogen and oxygen atoms in total. The number of nitrogens with two attached hydrogens (primary N) is 5. The van der Waals surface area contributed by atoms with Gasteiger partial charge in [-0.2, -0.15) is 0 Å². The molecule has 0 aliphatic carbocycles. The van der Waals surface area contributed by atoms with Crippen molar-refractivity contribution in [2.24, 2.45) is 39.6 Å². The maximum Gasteiger partial charge on any atom is 0.326 e. The summed E-state index contributed by atoms with van der Waals surface area (Å²) in [5, 5.41) is 16.9. The highest BCUT2D eigenvalue weighted by molar-refractivity contribution is 5.95. The van der Waals surface area contributed by atoms with Gasteiger partial charge in [-0.05, 0) is 44.6 Å². The summed E-state index contributed by atoms with van der Waals surface area (Å²) in [6.07, 6.45) is 1.21. The van der Waals surface area contributed by atoms with Crippen LogP contribution in [-0.4, -0.2) is 77.9 Å². The first kappa shape index (κ1) is 32.5. The summed E-state index contributed by atoms with van der Waals surface area (Å²) in [5.41, 5.74) is 26.8. The topological polar surface area (TPSA) is 284 Å². The molecule has 4 amide bonds. The third-order valence-electron chi connectivity index (χ3n) is 5.14. The molecule has 15 heteroatoms. The molecule has 4 atom stereocenters. The number of nitrogens with one attached hydrogen (secondary N) is 3. The van der Waals surface area contributed by atoms with Crippen molar-refractivity contribution in [3.05, 3.63) is 0 Å². The van der Waals surface area contributed by atoms with Gasteiger partial charge in [-0.25, -0.2) is 4.79 Å². The molecule has 36 heavy (non-hydrogen) atoms. The lowest BCUT2D eigenvalue weighted by Crippen LogP contribution is -2.58. The van der Waals surface area contributed by atoms with E-state index in [9.17, 15) is 29.1 Å². The third-order valence-corrected chi connectivity index (χ3v) is 5.14. The number of guanidine groups is 1. The Balaban J connectivity index is 5.54. The molecule has 0 aromatic carbocycles. The van der Waals surface area contributed by atoms with Crippen molar-refractivity contribution < 1.29 is 29.1 Å². The van der Waals surface area contributed by atoms with E-state index in [0.717, 1.165) is 0 Å². The van der Waals surface area contributed by atoms with Crippen LogP contribution in [0.1, 0.15) is 52.4 Å². The molecule has 0 saturated heterocycles. The Labute approximate surface area is 210 Å². The van der Waals surface area contributed by atoms with Gasteiger partial charge in [0.1, 0.15) is 18.1 Å². The molecule has 0 radical (unpaired) electrons. The highest BCUT2D eigenvalue weighted by atomic mass is 16.4. The summed E-state index contributed by atoms with van der Waals surface area (Å²) < 4.78 is 0. The van der Waals surface area contributed by atoms with Gasteiger partial charge in [0.15, 0.2) is 5.96 Å². The Bertz CT molecular complexity index is 786. The van der Waals surface area contributed by atoms with Gasteiger partial charge in [0.25, 0.3) is 0 Å². The third kappa shape index (κ3) is 13.4. The number of carbonyl (C=O) groups excluding carboxylic acids is 4. The fourth-order valence-corrected chi connectivity index (χ4v) is 3.16. The molecule has 0 aromatic heterocycles. The lowest BCUT2D eigenvalue weighted by molar-refractivity contribution is -0.142. The zero-order chi connectivity index (χ0) is 27.8. The first-order chi connectivity index (χ1) is 16.8. The van der Waals surface area contributed by atoms with Crippen LogP contribution in [0.5, 0.6) is 0 Å². The van der Waals surface area contributed by atoms with Crippen molar-refractivity contribution in [2.75, 3.05) is 13.1 Å². The number of hydrogen-bond acceptors (Lipinski definition) is 8. The lowest BCUT2D eigenvalue weighted by Gasteiger charge is -2.27. The van der Waals surface area contributed by atoms with E-state index in [1.807, 2.05) is 0 Å². The minimum absolute atomic E-state index is 0.0867. The molecule has 206 valence electrons. The van der Waals surface area contributed by atoms with Gasteiger partial charge >= 0.3 is 5.97 Å². The van der Waals surface area contributed by atoms with Crippen LogP contribution in [0, 0.1) is 5.92 Å². The number of carboxylic acid groups (broad SMARTS) is 1. The van der Waals surface area contributed by atoms with Crippen LogP contribution in [0.15, 0.2) is 4.99 Å². The molecule has 0 aliphatic rings. The average molecular weight is 516 g/mol. The van der Waals surface area contributed by atoms with E-state index in [-0.39, 0.29) is 25.3 Å². The van der Waals surface area contributed by atoms with Gasteiger partial charge in [-0.15, -0.1) is 0 Å². The van der Waals surface area contributed by atoms with Gasteiger partial charge in [-0.3, -0.25) is 24.2 Å². The van der Waals surface area contributed by atoms with E-state index in [1.54, 1.807) is 13.8 Å². The molecule has 14 N–H and O–H groups in total. The number of rotatable bonds is 18. The van der Waals surface area contributed by atoms with Crippen molar-refractivity contribution >= 4 is 35.6 Å². The van der Waals surface area contributed by atoms with Crippen LogP contribution < -0.4 is 44.6 Å². The number of aliphatic imine (C=N–C) groups is 1. The Kier molecular flexibility index (Phi) is 15.4. The fourth-order valence-electron chi connectivity index (χ4n) is 3.16. The Morgan fingerprint density at radius 2 is 1.42 bits per heavy atom. The second-order valence-corrected chi connectivity index (χ2v) is 8.70. The lowest BCUT2D eigenvalue weighted by atomic mass is 10.0. The van der Waals surface area contributed by atoms with Crippen molar-refractivity contribution in [3.63, 3.8) is 0 Å². The number of unbranched alkanes of at least 4 members (excludes halogenated alkanes) is 1. The predicted molar refractivity (Wildman–Crippen MR) is 133 cm³/mol. The summed E-state index contributed by atoms with van der Waals surface area (Å²) in [6.45, 7) is 3.88. The molecular weight excluding hydrogens is 474 g/mol. The number of hydrogen-bond donors (Lipinski definition) is 9. The molecule has 0 aliphatic heterocycles. The second-order valence-electron chi connectivity index (χ2n) is 8.70. The van der Waals surface area contributed by atoms with Gasteiger partial charge < -0.3 is 49.7 Å². The van der Waals surface area contributed by atoms with E-state index < -0.39 is 66.1 Å². The van der Waals surface area contributed by atoms with Crippen molar-refractivity contribution in [1.29, 1.82) is 0 Å². The molecule has 0 saturated carbocycles. The Morgan fingerprint density at radius 3 is 1.92 bits per heavy atom. The predicted octanol–water partition coefficient (Wildman–Crippen LogP) is -3.43. The monoisotopic (exact) mass is 515 g/mol. The molecular formula is C21H41N9O6. The largest absolute Gasteiger partial charge is 0.480 e. The van der Waals surface area contributed by atoms with Gasteiger partial charge in [0.05, 0.1) is 12.5 Å². The van der Waals surface area contributed by atoms with Crippen LogP contribution in [0.25, 0.3) is 0 Å². The first-order valence-corrected chi connectivity index (χ1v) is 11.7. The highest BCUT2D eigenvalue weighted by Crippen LogP contribution is 2.08. The molecule has 0 fully saturated rings. The molecule has 0 rings (SSSR count). The van der Waals surface area contributed by atoms with Gasteiger partial charge in [0, 0.05) is 6.54 Å². The van der Waals surface area contributed by atoms with E-state index in [0.29, 0.717) is 25.8 Å². The van der Waals surface area contributed by atoms with Crippen molar-refractivity contribution in [1.82, 2.24) is 16.0 Å². The minimum Gasteiger partial charge on any atom is -0.480 e. The standard InChI is InChI=1S/C21H41N9O6/c1-11(2)16(30-17(32)12(23)10-15(24)31)19(34)28-13(7-5-9-27-21(25)26)18(33)29-14(20(35)36)6-3-4-8-22/h11-14,16H,3-10,22-23H2,1-2H3,(H2,24,31)(H,28,34)(H,29,33)(H,30,32)(H,35,36)(H4,25,26,27). The summed E-state index contributed by atoms with van der Waals surface area (Å²) in [7, 11) is 0. The number of carbonyl (C=O) groups is 5. The van der Waals surface area contributed by atoms with E-state index >= 15 is 0 Å². The number of amides is 4. The maximum atomic E-state index is 13.0. The zero-order valence-corrected chi connectivity index (χ0v) is 20.9. The van der Waals surface area contributed by atoms with Gasteiger partial charge in [0.2, 0.25) is 23.6 Å². The first-order valence-electron chi connectivity index (χ1n) is 11.7. The Hall–Kier alpha value is -3.46.